The van der Waals surface area contributed by atoms with Gasteiger partial charge < -0.3 is 54.9 Å². The van der Waals surface area contributed by atoms with Crippen molar-refractivity contribution in [2.45, 2.75) is 55.9 Å². The average Bonchev–Trinajstić information content (AvgIpc) is 1.69. The number of aromatic nitrogens is 12. The Morgan fingerprint density at radius 3 is 1.17 bits per heavy atom. The molecule has 0 aliphatic heterocycles. The van der Waals surface area contributed by atoms with E-state index < -0.39 is 16.1 Å². The van der Waals surface area contributed by atoms with E-state index >= 15 is 0 Å². The molecular weight excluding hydrogens is 1580 g/mol. The molecule has 19 rings (SSSR count). The summed E-state index contributed by atoms with van der Waals surface area (Å²) >= 11 is 0. The highest BCUT2D eigenvalue weighted by atomic mass is 32.2. The predicted octanol–water partition coefficient (Wildman–Crippen LogP) is 17.6. The molecule has 0 saturated heterocycles. The first-order chi connectivity index (χ1) is 60.8. The number of carbonyl (C=O) groups excluding carboxylic acids is 1. The van der Waals surface area contributed by atoms with Crippen molar-refractivity contribution in [3.8, 4) is 109 Å². The molecule has 22 nitrogen and oxygen atoms in total. The minimum Gasteiger partial charge on any atom is -0.384 e. The van der Waals surface area contributed by atoms with Gasteiger partial charge in [-0.2, -0.15) is 22.9 Å². The van der Waals surface area contributed by atoms with Gasteiger partial charge in [0.25, 0.3) is 10.0 Å². The highest BCUT2D eigenvalue weighted by Crippen LogP contribution is 2.36. The van der Waals surface area contributed by atoms with Crippen molar-refractivity contribution in [1.82, 2.24) is 59.0 Å². The summed E-state index contributed by atoms with van der Waals surface area (Å²) in [6, 6.07) is 63.4. The second-order valence-electron chi connectivity index (χ2n) is 30.9. The number of hydrogen-bond acceptors (Lipinski definition) is 16. The smallest absolute Gasteiger partial charge is 0.282 e. The van der Waals surface area contributed by atoms with Crippen molar-refractivity contribution in [3.63, 3.8) is 0 Å². The minimum absolute atomic E-state index is 0.140. The van der Waals surface area contributed by atoms with Crippen LogP contribution in [-0.4, -0.2) is 150 Å². The predicted molar refractivity (Wildman–Crippen MR) is 497 cm³/mol. The van der Waals surface area contributed by atoms with Crippen LogP contribution in [0.2, 0.25) is 0 Å². The van der Waals surface area contributed by atoms with E-state index in [9.17, 15) is 18.3 Å². The Morgan fingerprint density at radius 1 is 0.440 bits per heavy atom. The Morgan fingerprint density at radius 2 is 0.792 bits per heavy atom. The number of rotatable bonds is 14. The number of nitrogens with one attached hydrogen (secondary N) is 5. The number of nitrogens with zero attached hydrogens (tertiary/aromatic N) is 11. The second kappa shape index (κ2) is 39.0. The Bertz CT molecular complexity index is 7130. The Balaban J connectivity index is 0.000000122. The lowest BCUT2D eigenvalue weighted by Gasteiger charge is -2.12. The van der Waals surface area contributed by atoms with Gasteiger partial charge in [0.1, 0.15) is 53.6 Å². The van der Waals surface area contributed by atoms with Crippen LogP contribution in [0.15, 0.2) is 267 Å². The number of aliphatic hydroxyl groups is 3. The standard InChI is InChI=1S/C26H21N5O2S.C23H25N3O.C19H15N3O.C18H17N3O.C16H12N2O/c1-30(2)23-12-10-20(11-13-23)22-14-25-21(16-27-26(25)28-17-22)9-8-19-15-29-31(18-19)34(32,33)24-6-4-3-5-7-24;1-26(2)20-10-7-16(8-11-20)19-13-21-18(14-24-23(21)25-15-19)9-12-22(27)17-5-3-4-6-17;20-9-16-11-22-19-17(16)8-15(10-21-19)13-3-5-14(6-4-13)18(23)7-12-1-2-12;1-21(2)16-7-5-13(6-8-16)15-10-17-14(4-3-9-22)11-19-18(17)20-12-15;19-8-4-7-13-10-17-16-15(13)9-14(11-18-16)12-5-2-1-3-6-12/h3-7,10-18H,1-2H3,(H,27,28);7-8,10-11,13-15,17,22,27H,3-6H2,1-2H3,(H,24,25);3-6,8,10-12H,1-2,7H2,(H,21,22);5-8,10-12,22H,9H2,1-2H3,(H,19,20);1-3,5-6,9-11,19H,8H2,(H,17,18). The summed E-state index contributed by atoms with van der Waals surface area (Å²) in [6.45, 7) is -0.287. The number of aliphatic hydroxyl groups excluding tert-OH is 3. The fourth-order valence-electron chi connectivity index (χ4n) is 14.5. The van der Waals surface area contributed by atoms with Crippen LogP contribution < -0.4 is 14.7 Å². The number of anilines is 3. The van der Waals surface area contributed by atoms with Crippen molar-refractivity contribution < 1.29 is 28.5 Å². The molecule has 23 heteroatoms. The monoisotopic (exact) mass is 1670 g/mol. The fraction of sp³-hybridized carbons (Fsp3) is 0.176. The summed E-state index contributed by atoms with van der Waals surface area (Å²) in [4.78, 5) is 56.3. The minimum atomic E-state index is -3.75. The number of nitriles is 1. The molecule has 1 atom stereocenters. The largest absolute Gasteiger partial charge is 0.384 e. The molecule has 0 spiro atoms. The Kier molecular flexibility index (Phi) is 26.4. The van der Waals surface area contributed by atoms with Crippen molar-refractivity contribution in [3.05, 3.63) is 301 Å². The maximum absolute atomic E-state index is 12.7. The van der Waals surface area contributed by atoms with E-state index in [-0.39, 0.29) is 23.9 Å². The van der Waals surface area contributed by atoms with Crippen LogP contribution in [0, 0.1) is 70.5 Å². The van der Waals surface area contributed by atoms with Gasteiger partial charge in [0.05, 0.1) is 50.7 Å². The van der Waals surface area contributed by atoms with Crippen molar-refractivity contribution in [2.75, 3.05) is 70.2 Å². The van der Waals surface area contributed by atoms with Crippen LogP contribution in [0.5, 0.6) is 0 Å². The number of H-pyrrole nitrogens is 5. The van der Waals surface area contributed by atoms with Gasteiger partial charge in [-0.05, 0) is 144 Å². The molecule has 2 saturated carbocycles. The summed E-state index contributed by atoms with van der Waals surface area (Å²) in [6.07, 6.45) is 28.1. The van der Waals surface area contributed by atoms with E-state index in [0.717, 1.165) is 161 Å². The number of Topliss-reactive ketones (excluding diaryl/α,β-unsaturated/α-hetero) is 1. The zero-order valence-corrected chi connectivity index (χ0v) is 70.6. The third kappa shape index (κ3) is 20.5. The fourth-order valence-corrected chi connectivity index (χ4v) is 15.6. The molecule has 2 aliphatic carbocycles. The lowest BCUT2D eigenvalue weighted by atomic mass is 10.0. The van der Waals surface area contributed by atoms with E-state index in [0.29, 0.717) is 35.0 Å². The van der Waals surface area contributed by atoms with Crippen molar-refractivity contribution >= 4 is 88.0 Å². The Labute approximate surface area is 724 Å². The molecule has 1 unspecified atom stereocenters. The van der Waals surface area contributed by atoms with Crippen LogP contribution in [0.25, 0.3) is 111 Å². The molecule has 2 aliphatic rings. The van der Waals surface area contributed by atoms with E-state index in [4.69, 9.17) is 15.5 Å². The van der Waals surface area contributed by atoms with E-state index in [1.54, 1.807) is 36.8 Å². The molecule has 8 N–H and O–H groups in total. The first-order valence-corrected chi connectivity index (χ1v) is 42.3. The van der Waals surface area contributed by atoms with Crippen LogP contribution in [0.3, 0.4) is 0 Å². The van der Waals surface area contributed by atoms with Crippen LogP contribution in [0.1, 0.15) is 88.7 Å². The molecule has 125 heavy (non-hydrogen) atoms. The maximum atomic E-state index is 12.7. The second-order valence-corrected chi connectivity index (χ2v) is 32.7. The number of ketones is 1. The normalized spacial score (nSPS) is 12.3. The number of aromatic amines is 5. The van der Waals surface area contributed by atoms with E-state index in [1.165, 1.54) is 55.9 Å². The number of carbonyl (C=O) groups is 1. The van der Waals surface area contributed by atoms with E-state index in [1.807, 2.05) is 134 Å². The topological polar surface area (TPSA) is 307 Å². The van der Waals surface area contributed by atoms with Crippen molar-refractivity contribution in [1.29, 1.82) is 5.26 Å². The van der Waals surface area contributed by atoms with Gasteiger partial charge >= 0.3 is 0 Å². The summed E-state index contributed by atoms with van der Waals surface area (Å²) < 4.78 is 26.4. The third-order valence-corrected chi connectivity index (χ3v) is 23.3. The summed E-state index contributed by atoms with van der Waals surface area (Å²) in [7, 11) is 8.38. The molecule has 17 aromatic rings. The molecule has 6 aromatic carbocycles. The number of pyridine rings is 5. The number of benzene rings is 6. The molecule has 0 radical (unpaired) electrons. The van der Waals surface area contributed by atoms with Gasteiger partial charge in [0.15, 0.2) is 5.78 Å². The van der Waals surface area contributed by atoms with Gasteiger partial charge in [0, 0.05) is 188 Å². The van der Waals surface area contributed by atoms with Gasteiger partial charge in [-0.1, -0.05) is 169 Å². The molecule has 11 aromatic heterocycles. The molecule has 0 amide bonds. The molecule has 0 bridgehead atoms. The maximum Gasteiger partial charge on any atom is 0.282 e. The van der Waals surface area contributed by atoms with Gasteiger partial charge in [-0.15, -0.1) is 0 Å². The first-order valence-electron chi connectivity index (χ1n) is 40.9. The van der Waals surface area contributed by atoms with Gasteiger partial charge in [-0.3, -0.25) is 4.79 Å². The lowest BCUT2D eigenvalue weighted by Crippen LogP contribution is -2.14. The zero-order valence-electron chi connectivity index (χ0n) is 69.8. The SMILES string of the molecule is CN(C)c1ccc(-c2cnc3[nH]cc(C#CC(O)C4CCCC4)c3c2)cc1.CN(C)c1ccc(-c2cnc3[nH]cc(C#CCO)c3c2)cc1.CN(C)c1ccc(-c2cnc3[nH]cc(C#Cc4cnn(S(=O)(=O)c5ccccc5)c4)c3c2)cc1.N#Cc1c[nH]c2ncc(-c3ccc(C(=O)CC4CC4)cc3)cc12.OCC#Cc1c[nH]c2ncc(-c3ccccc3)cc12. The molecular formula is C102H90N16O6S. The molecule has 11 heterocycles. The van der Waals surface area contributed by atoms with E-state index in [2.05, 4.69) is 232 Å². The first kappa shape index (κ1) is 84.6. The summed E-state index contributed by atoms with van der Waals surface area (Å²) in [5.74, 6) is 24.7. The highest BCUT2D eigenvalue weighted by molar-refractivity contribution is 7.89. The van der Waals surface area contributed by atoms with Crippen LogP contribution in [-0.2, 0) is 10.0 Å². The van der Waals surface area contributed by atoms with Crippen LogP contribution in [0.4, 0.5) is 17.1 Å². The summed E-state index contributed by atoms with van der Waals surface area (Å²) in [5, 5.41) is 45.7. The average molecular weight is 1670 g/mol. The third-order valence-electron chi connectivity index (χ3n) is 21.7. The van der Waals surface area contributed by atoms with Gasteiger partial charge in [0.2, 0.25) is 0 Å². The molecule has 620 valence electrons. The lowest BCUT2D eigenvalue weighted by molar-refractivity contribution is 0.0976. The van der Waals surface area contributed by atoms with Gasteiger partial charge in [-0.25, -0.2) is 24.9 Å². The molecule has 2 fully saturated rings. The van der Waals surface area contributed by atoms with Crippen LogP contribution >= 0.6 is 0 Å². The zero-order chi connectivity index (χ0) is 86.9. The number of hydrogen-bond donors (Lipinski definition) is 8. The summed E-state index contributed by atoms with van der Waals surface area (Å²) in [5.41, 5.74) is 23.1. The Hall–Kier alpha value is -15.4. The quantitative estimate of drug-likeness (QED) is 0.0371. The van der Waals surface area contributed by atoms with Crippen molar-refractivity contribution in [2.24, 2.45) is 11.8 Å². The highest BCUT2D eigenvalue weighted by Gasteiger charge is 2.26. The number of fused-ring (bicyclic) bond motifs is 5.